The highest BCUT2D eigenvalue weighted by atomic mass is 16.4. The average Bonchev–Trinajstić information content (AvgIpc) is 2.52. The van der Waals surface area contributed by atoms with E-state index < -0.39 is 0 Å². The second-order valence-corrected chi connectivity index (χ2v) is 6.31. The molecular weight excluding hydrogens is 318 g/mol. The standard InChI is InChI=1S/C19H11N3O3/c20-7-1-10-16-11(2-7)24-14-5-9(22)6-15-18(14)19(16)17-12(23-10)3-8(21)4-13(17)25-15/h1-6,20H,21-22H2. The maximum atomic E-state index is 8.03. The van der Waals surface area contributed by atoms with Gasteiger partial charge in [-0.2, -0.15) is 0 Å². The molecule has 0 saturated heterocycles. The van der Waals surface area contributed by atoms with Crippen molar-refractivity contribution < 1.29 is 13.3 Å². The molecule has 120 valence electrons. The van der Waals surface area contributed by atoms with Crippen molar-refractivity contribution in [2.24, 2.45) is 0 Å². The van der Waals surface area contributed by atoms with Gasteiger partial charge in [0.1, 0.15) is 33.5 Å². The summed E-state index contributed by atoms with van der Waals surface area (Å²) in [5, 5.41) is 11.8. The molecule has 0 fully saturated rings. The number of anilines is 2. The van der Waals surface area contributed by atoms with E-state index in [9.17, 15) is 0 Å². The van der Waals surface area contributed by atoms with E-state index in [1.54, 1.807) is 36.4 Å². The lowest BCUT2D eigenvalue weighted by atomic mass is 9.99. The number of hydrogen-bond donors (Lipinski definition) is 3. The summed E-state index contributed by atoms with van der Waals surface area (Å²) in [6.45, 7) is 0. The van der Waals surface area contributed by atoms with Gasteiger partial charge in [-0.25, -0.2) is 0 Å². The molecule has 6 aromatic rings. The Bertz CT molecular complexity index is 1430. The predicted octanol–water partition coefficient (Wildman–Crippen LogP) is 4.31. The van der Waals surface area contributed by atoms with Crippen molar-refractivity contribution >= 4 is 66.4 Å². The van der Waals surface area contributed by atoms with Crippen molar-refractivity contribution in [3.63, 3.8) is 0 Å². The van der Waals surface area contributed by atoms with Crippen LogP contribution in [0.4, 0.5) is 11.4 Å². The number of nitrogen functional groups attached to an aromatic ring is 2. The maximum absolute atomic E-state index is 8.03. The zero-order chi connectivity index (χ0) is 16.9. The van der Waals surface area contributed by atoms with Crippen molar-refractivity contribution in [3.05, 3.63) is 41.8 Å². The molecule has 0 amide bonds. The van der Waals surface area contributed by atoms with Gasteiger partial charge in [0.05, 0.1) is 21.5 Å². The third kappa shape index (κ3) is 1.46. The van der Waals surface area contributed by atoms with Gasteiger partial charge in [0, 0.05) is 53.2 Å². The predicted molar refractivity (Wildman–Crippen MR) is 96.6 cm³/mol. The van der Waals surface area contributed by atoms with Gasteiger partial charge in [0.15, 0.2) is 0 Å². The van der Waals surface area contributed by atoms with Gasteiger partial charge in [-0.15, -0.1) is 0 Å². The molecular formula is C19H11N3O3. The van der Waals surface area contributed by atoms with Crippen LogP contribution in [-0.2, 0) is 0 Å². The van der Waals surface area contributed by atoms with Gasteiger partial charge in [0.25, 0.3) is 0 Å². The largest absolute Gasteiger partial charge is 0.456 e. The second-order valence-electron chi connectivity index (χ2n) is 6.31. The highest BCUT2D eigenvalue weighted by Gasteiger charge is 2.22. The lowest BCUT2D eigenvalue weighted by molar-refractivity contribution is 0.635. The first-order chi connectivity index (χ1) is 12.1. The third-order valence-corrected chi connectivity index (χ3v) is 4.65. The van der Waals surface area contributed by atoms with Gasteiger partial charge in [-0.3, -0.25) is 0 Å². The van der Waals surface area contributed by atoms with E-state index in [4.69, 9.17) is 30.1 Å². The second kappa shape index (κ2) is 3.87. The number of rotatable bonds is 0. The minimum atomic E-state index is 0.307. The minimum absolute atomic E-state index is 0.307. The van der Waals surface area contributed by atoms with Crippen LogP contribution in [0.5, 0.6) is 0 Å². The van der Waals surface area contributed by atoms with Crippen LogP contribution in [0.3, 0.4) is 0 Å². The Kier molecular flexibility index (Phi) is 1.97. The lowest BCUT2D eigenvalue weighted by Gasteiger charge is -2.15. The summed E-state index contributed by atoms with van der Waals surface area (Å²) >= 11 is 0. The Morgan fingerprint density at radius 1 is 0.520 bits per heavy atom. The van der Waals surface area contributed by atoms with Crippen molar-refractivity contribution in [3.8, 4) is 0 Å². The summed E-state index contributed by atoms with van der Waals surface area (Å²) in [5.41, 5.74) is 16.8. The molecule has 25 heavy (non-hydrogen) atoms. The molecule has 5 N–H and O–H groups in total. The van der Waals surface area contributed by atoms with Crippen LogP contribution in [0.1, 0.15) is 0 Å². The smallest absolute Gasteiger partial charge is 0.141 e. The Morgan fingerprint density at radius 2 is 0.840 bits per heavy atom. The van der Waals surface area contributed by atoms with Gasteiger partial charge in [-0.05, 0) is 0 Å². The summed E-state index contributed by atoms with van der Waals surface area (Å²) in [7, 11) is 0. The van der Waals surface area contributed by atoms with Crippen LogP contribution in [0, 0.1) is 5.41 Å². The molecule has 3 aromatic heterocycles. The number of nitrogens with one attached hydrogen (secondary N) is 1. The molecule has 0 unspecified atom stereocenters. The first kappa shape index (κ1) is 12.7. The highest BCUT2D eigenvalue weighted by Crippen LogP contribution is 2.44. The number of nitrogens with two attached hydrogens (primary N) is 2. The first-order valence-electron chi connectivity index (χ1n) is 7.77. The molecule has 3 aromatic carbocycles. The van der Waals surface area contributed by atoms with E-state index in [1.165, 1.54) is 0 Å². The van der Waals surface area contributed by atoms with Crippen molar-refractivity contribution in [1.82, 2.24) is 0 Å². The Hall–Kier alpha value is -3.67. The summed E-state index contributed by atoms with van der Waals surface area (Å²) in [5.74, 6) is 0. The minimum Gasteiger partial charge on any atom is -0.456 e. The Labute approximate surface area is 139 Å². The fourth-order valence-corrected chi connectivity index (χ4v) is 3.76. The van der Waals surface area contributed by atoms with Crippen molar-refractivity contribution in [1.29, 1.82) is 5.41 Å². The zero-order valence-corrected chi connectivity index (χ0v) is 12.8. The summed E-state index contributed by atoms with van der Waals surface area (Å²) in [6, 6.07) is 10.5. The molecule has 3 heterocycles. The van der Waals surface area contributed by atoms with E-state index in [1.807, 2.05) is 0 Å². The normalized spacial score (nSPS) is 12.5. The van der Waals surface area contributed by atoms with Gasteiger partial charge in [0.2, 0.25) is 0 Å². The van der Waals surface area contributed by atoms with Crippen LogP contribution in [0.2, 0.25) is 0 Å². The quantitative estimate of drug-likeness (QED) is 0.218. The summed E-state index contributed by atoms with van der Waals surface area (Å²) < 4.78 is 18.1. The van der Waals surface area contributed by atoms with E-state index in [0.717, 1.165) is 21.5 Å². The van der Waals surface area contributed by atoms with Gasteiger partial charge in [-0.1, -0.05) is 0 Å². The molecule has 6 rings (SSSR count). The van der Waals surface area contributed by atoms with Crippen LogP contribution in [-0.4, -0.2) is 0 Å². The van der Waals surface area contributed by atoms with Crippen LogP contribution in [0.15, 0.2) is 49.6 Å². The molecule has 0 aliphatic rings. The molecule has 0 spiro atoms. The van der Waals surface area contributed by atoms with Crippen LogP contribution in [0.25, 0.3) is 55.0 Å². The number of hydrogen-bond acceptors (Lipinski definition) is 6. The average molecular weight is 329 g/mol. The zero-order valence-electron chi connectivity index (χ0n) is 12.8. The lowest BCUT2D eigenvalue weighted by Crippen LogP contribution is -1.99. The van der Waals surface area contributed by atoms with Gasteiger partial charge >= 0.3 is 0 Å². The van der Waals surface area contributed by atoms with E-state index in [0.29, 0.717) is 50.2 Å². The molecule has 6 heteroatoms. The fourth-order valence-electron chi connectivity index (χ4n) is 3.76. The number of benzene rings is 3. The summed E-state index contributed by atoms with van der Waals surface area (Å²) in [6.07, 6.45) is 0. The van der Waals surface area contributed by atoms with Crippen molar-refractivity contribution in [2.75, 3.05) is 11.5 Å². The third-order valence-electron chi connectivity index (χ3n) is 4.65. The molecule has 0 aliphatic heterocycles. The van der Waals surface area contributed by atoms with Crippen molar-refractivity contribution in [2.45, 2.75) is 0 Å². The molecule has 0 bridgehead atoms. The molecule has 6 nitrogen and oxygen atoms in total. The SMILES string of the molecule is N=c1cc2oc3cc(N)cc4oc5cc(N)cc6oc(c1)c2c(c43)c56. The Balaban J connectivity index is 2.14. The fraction of sp³-hybridized carbons (Fsp3) is 0. The molecule has 0 saturated carbocycles. The Morgan fingerprint density at radius 3 is 1.20 bits per heavy atom. The summed E-state index contributed by atoms with van der Waals surface area (Å²) in [4.78, 5) is 0. The molecule has 0 radical (unpaired) electrons. The van der Waals surface area contributed by atoms with Crippen LogP contribution < -0.4 is 16.8 Å². The van der Waals surface area contributed by atoms with E-state index in [2.05, 4.69) is 0 Å². The van der Waals surface area contributed by atoms with E-state index >= 15 is 0 Å². The van der Waals surface area contributed by atoms with Crippen LogP contribution >= 0.6 is 0 Å². The first-order valence-corrected chi connectivity index (χ1v) is 7.77. The topological polar surface area (TPSA) is 115 Å². The van der Waals surface area contributed by atoms with Gasteiger partial charge < -0.3 is 30.1 Å². The highest BCUT2D eigenvalue weighted by molar-refractivity contribution is 6.32. The monoisotopic (exact) mass is 329 g/mol. The maximum Gasteiger partial charge on any atom is 0.141 e. The van der Waals surface area contributed by atoms with E-state index in [-0.39, 0.29) is 0 Å². The molecule has 0 atom stereocenters. The molecule has 0 aliphatic carbocycles.